The second kappa shape index (κ2) is 8.44. The number of rotatable bonds is 4. The Kier molecular flexibility index (Phi) is 5.33. The normalized spacial score (nSPS) is 14.6. The van der Waals surface area contributed by atoms with Gasteiger partial charge in [-0.15, -0.1) is 0 Å². The fourth-order valence-electron chi connectivity index (χ4n) is 3.46. The predicted molar refractivity (Wildman–Crippen MR) is 129 cm³/mol. The molecule has 1 aromatic heterocycles. The predicted octanol–water partition coefficient (Wildman–Crippen LogP) is 6.35. The van der Waals surface area contributed by atoms with E-state index < -0.39 is 5.97 Å². The Labute approximate surface area is 190 Å². The van der Waals surface area contributed by atoms with E-state index in [4.69, 9.17) is 9.72 Å². The number of benzene rings is 3. The number of fused-ring (bicyclic) bond motifs is 1. The molecule has 0 fully saturated rings. The van der Waals surface area contributed by atoms with Gasteiger partial charge in [0.05, 0.1) is 5.52 Å². The molecule has 0 unspecified atom stereocenters. The van der Waals surface area contributed by atoms with Gasteiger partial charge in [-0.3, -0.25) is 0 Å². The SMILES string of the molecule is Cc1ccc(C2=N/C(=C/c3cc4cc(C)ccc4nc3Sc3ccccc3)C(=O)O2)cc1. The lowest BCUT2D eigenvalue weighted by Gasteiger charge is -2.08. The topological polar surface area (TPSA) is 51.5 Å². The van der Waals surface area contributed by atoms with Crippen molar-refractivity contribution in [1.29, 1.82) is 0 Å². The third-order valence-electron chi connectivity index (χ3n) is 5.13. The first-order chi connectivity index (χ1) is 15.5. The number of aryl methyl sites for hydroxylation is 2. The Bertz CT molecular complexity index is 1390. The molecular formula is C27H20N2O2S. The minimum absolute atomic E-state index is 0.268. The summed E-state index contributed by atoms with van der Waals surface area (Å²) in [7, 11) is 0. The number of cyclic esters (lactones) is 1. The molecule has 0 atom stereocenters. The fraction of sp³-hybridized carbons (Fsp3) is 0.0741. The summed E-state index contributed by atoms with van der Waals surface area (Å²) in [6.07, 6.45) is 1.77. The zero-order valence-corrected chi connectivity index (χ0v) is 18.5. The zero-order valence-electron chi connectivity index (χ0n) is 17.7. The summed E-state index contributed by atoms with van der Waals surface area (Å²) in [6.45, 7) is 4.06. The molecule has 4 nitrogen and oxygen atoms in total. The molecule has 5 rings (SSSR count). The smallest absolute Gasteiger partial charge is 0.363 e. The van der Waals surface area contributed by atoms with Crippen molar-refractivity contribution in [3.63, 3.8) is 0 Å². The van der Waals surface area contributed by atoms with Gasteiger partial charge >= 0.3 is 5.97 Å². The second-order valence-corrected chi connectivity index (χ2v) is 8.76. The maximum Gasteiger partial charge on any atom is 0.363 e. The lowest BCUT2D eigenvalue weighted by atomic mass is 10.1. The quantitative estimate of drug-likeness (QED) is 0.276. The minimum Gasteiger partial charge on any atom is -0.402 e. The van der Waals surface area contributed by atoms with Crippen molar-refractivity contribution in [1.82, 2.24) is 4.98 Å². The summed E-state index contributed by atoms with van der Waals surface area (Å²) in [4.78, 5) is 23.0. The van der Waals surface area contributed by atoms with Crippen LogP contribution in [0.3, 0.4) is 0 Å². The molecule has 0 spiro atoms. The highest BCUT2D eigenvalue weighted by molar-refractivity contribution is 7.99. The van der Waals surface area contributed by atoms with Crippen molar-refractivity contribution in [2.45, 2.75) is 23.8 Å². The molecule has 156 valence electrons. The summed E-state index contributed by atoms with van der Waals surface area (Å²) in [5, 5.41) is 1.83. The van der Waals surface area contributed by atoms with E-state index in [-0.39, 0.29) is 5.70 Å². The molecule has 5 heteroatoms. The van der Waals surface area contributed by atoms with E-state index in [9.17, 15) is 4.79 Å². The standard InChI is InChI=1S/C27H20N2O2S/c1-17-8-11-19(12-9-17)25-28-24(27(30)31-25)16-21-15-20-14-18(2)10-13-23(20)29-26(21)32-22-6-4-3-5-7-22/h3-16H,1-2H3/b24-16+. The third-order valence-corrected chi connectivity index (χ3v) is 6.16. The van der Waals surface area contributed by atoms with Crippen LogP contribution in [-0.4, -0.2) is 16.9 Å². The maximum atomic E-state index is 12.6. The van der Waals surface area contributed by atoms with Crippen molar-refractivity contribution >= 4 is 40.6 Å². The number of aromatic nitrogens is 1. The summed E-state index contributed by atoms with van der Waals surface area (Å²) >= 11 is 1.56. The average molecular weight is 437 g/mol. The molecule has 0 bridgehead atoms. The largest absolute Gasteiger partial charge is 0.402 e. The van der Waals surface area contributed by atoms with Crippen LogP contribution in [0.5, 0.6) is 0 Å². The Balaban J connectivity index is 1.59. The monoisotopic (exact) mass is 436 g/mol. The van der Waals surface area contributed by atoms with Crippen LogP contribution in [0.15, 0.2) is 99.5 Å². The van der Waals surface area contributed by atoms with Crippen molar-refractivity contribution in [2.24, 2.45) is 4.99 Å². The van der Waals surface area contributed by atoms with Gasteiger partial charge in [-0.2, -0.15) is 0 Å². The van der Waals surface area contributed by atoms with E-state index in [2.05, 4.69) is 30.1 Å². The highest BCUT2D eigenvalue weighted by Gasteiger charge is 2.24. The number of carbonyl (C=O) groups is 1. The molecule has 0 radical (unpaired) electrons. The number of hydrogen-bond acceptors (Lipinski definition) is 5. The van der Waals surface area contributed by atoms with Crippen LogP contribution >= 0.6 is 11.8 Å². The molecule has 0 saturated carbocycles. The van der Waals surface area contributed by atoms with E-state index in [1.54, 1.807) is 17.8 Å². The number of ether oxygens (including phenoxy) is 1. The van der Waals surface area contributed by atoms with Gasteiger partial charge in [-0.1, -0.05) is 59.3 Å². The van der Waals surface area contributed by atoms with Gasteiger partial charge in [0.1, 0.15) is 5.03 Å². The number of esters is 1. The van der Waals surface area contributed by atoms with Crippen molar-refractivity contribution in [2.75, 3.05) is 0 Å². The lowest BCUT2D eigenvalue weighted by Crippen LogP contribution is -2.05. The van der Waals surface area contributed by atoms with Crippen LogP contribution in [0.2, 0.25) is 0 Å². The van der Waals surface area contributed by atoms with Crippen molar-refractivity contribution in [3.05, 3.63) is 107 Å². The fourth-order valence-corrected chi connectivity index (χ4v) is 4.35. The Hall–Kier alpha value is -3.70. The third kappa shape index (κ3) is 4.20. The molecular weight excluding hydrogens is 416 g/mol. The van der Waals surface area contributed by atoms with Gasteiger partial charge < -0.3 is 4.74 Å². The Morgan fingerprint density at radius 1 is 0.875 bits per heavy atom. The summed E-state index contributed by atoms with van der Waals surface area (Å²) < 4.78 is 5.45. The first-order valence-corrected chi connectivity index (χ1v) is 11.1. The summed E-state index contributed by atoms with van der Waals surface area (Å²) in [5.41, 5.74) is 5.07. The van der Waals surface area contributed by atoms with E-state index in [1.165, 1.54) is 0 Å². The molecule has 1 aliphatic heterocycles. The van der Waals surface area contributed by atoms with Crippen molar-refractivity contribution in [3.8, 4) is 0 Å². The average Bonchev–Trinajstić information content (AvgIpc) is 3.15. The number of carbonyl (C=O) groups excluding carboxylic acids is 1. The number of pyridine rings is 1. The highest BCUT2D eigenvalue weighted by atomic mass is 32.2. The van der Waals surface area contributed by atoms with Crippen LogP contribution in [0.25, 0.3) is 17.0 Å². The van der Waals surface area contributed by atoms with Gasteiger partial charge in [0.2, 0.25) is 5.90 Å². The summed E-state index contributed by atoms with van der Waals surface area (Å²) in [5.74, 6) is -0.135. The van der Waals surface area contributed by atoms with Crippen LogP contribution in [0, 0.1) is 13.8 Å². The zero-order chi connectivity index (χ0) is 22.1. The van der Waals surface area contributed by atoms with Crippen LogP contribution in [-0.2, 0) is 9.53 Å². The van der Waals surface area contributed by atoms with Crippen molar-refractivity contribution < 1.29 is 9.53 Å². The number of hydrogen-bond donors (Lipinski definition) is 0. The molecule has 1 aliphatic rings. The Morgan fingerprint density at radius 3 is 2.41 bits per heavy atom. The van der Waals surface area contributed by atoms with E-state index in [1.807, 2.05) is 67.6 Å². The second-order valence-electron chi connectivity index (χ2n) is 7.70. The maximum absolute atomic E-state index is 12.6. The highest BCUT2D eigenvalue weighted by Crippen LogP contribution is 2.33. The van der Waals surface area contributed by atoms with Crippen LogP contribution in [0.4, 0.5) is 0 Å². The molecule has 0 aliphatic carbocycles. The molecule has 3 aromatic carbocycles. The van der Waals surface area contributed by atoms with Gasteiger partial charge in [0.15, 0.2) is 5.70 Å². The van der Waals surface area contributed by atoms with E-state index in [0.29, 0.717) is 5.90 Å². The summed E-state index contributed by atoms with van der Waals surface area (Å²) in [6, 6.07) is 26.0. The Morgan fingerprint density at radius 2 is 1.62 bits per heavy atom. The van der Waals surface area contributed by atoms with Gasteiger partial charge in [0, 0.05) is 21.4 Å². The van der Waals surface area contributed by atoms with Crippen LogP contribution < -0.4 is 0 Å². The number of nitrogens with zero attached hydrogens (tertiary/aromatic N) is 2. The van der Waals surface area contributed by atoms with Gasteiger partial charge in [-0.05, 0) is 62.4 Å². The molecule has 2 heterocycles. The lowest BCUT2D eigenvalue weighted by molar-refractivity contribution is -0.129. The first kappa shape index (κ1) is 20.2. The molecule has 0 N–H and O–H groups in total. The van der Waals surface area contributed by atoms with E-state index >= 15 is 0 Å². The minimum atomic E-state index is -0.458. The molecule has 4 aromatic rings. The van der Waals surface area contributed by atoms with Gasteiger partial charge in [0.25, 0.3) is 0 Å². The number of aliphatic imine (C=N–C) groups is 1. The first-order valence-electron chi connectivity index (χ1n) is 10.3. The van der Waals surface area contributed by atoms with Gasteiger partial charge in [-0.25, -0.2) is 14.8 Å². The molecule has 32 heavy (non-hydrogen) atoms. The molecule has 0 saturated heterocycles. The molecule has 0 amide bonds. The van der Waals surface area contributed by atoms with E-state index in [0.717, 1.165) is 43.1 Å². The van der Waals surface area contributed by atoms with Crippen LogP contribution in [0.1, 0.15) is 22.3 Å².